The van der Waals surface area contributed by atoms with Gasteiger partial charge in [-0.1, -0.05) is 61.8 Å². The lowest BCUT2D eigenvalue weighted by Gasteiger charge is -2.33. The van der Waals surface area contributed by atoms with Crippen molar-refractivity contribution in [2.24, 2.45) is 0 Å². The molecule has 0 aliphatic heterocycles. The predicted octanol–water partition coefficient (Wildman–Crippen LogP) is 4.18. The maximum Gasteiger partial charge on any atom is 0.244 e. The zero-order valence-electron chi connectivity index (χ0n) is 21.1. The number of sulfonamides is 1. The molecular weight excluding hydrogens is 486 g/mol. The van der Waals surface area contributed by atoms with E-state index in [1.165, 1.54) is 4.90 Å². The molecule has 0 spiro atoms. The van der Waals surface area contributed by atoms with Gasteiger partial charge < -0.3 is 10.2 Å². The van der Waals surface area contributed by atoms with Crippen LogP contribution < -0.4 is 9.62 Å². The molecule has 0 aromatic heterocycles. The van der Waals surface area contributed by atoms with Crippen molar-refractivity contribution in [3.05, 3.63) is 64.7 Å². The highest BCUT2D eigenvalue weighted by atomic mass is 35.5. The summed E-state index contributed by atoms with van der Waals surface area (Å²) in [5.41, 5.74) is 1.92. The van der Waals surface area contributed by atoms with Gasteiger partial charge in [-0.3, -0.25) is 13.9 Å². The van der Waals surface area contributed by atoms with Crippen LogP contribution in [-0.4, -0.2) is 56.6 Å². The summed E-state index contributed by atoms with van der Waals surface area (Å²) in [6.07, 6.45) is 2.75. The van der Waals surface area contributed by atoms with E-state index in [0.29, 0.717) is 29.1 Å². The van der Waals surface area contributed by atoms with E-state index in [1.54, 1.807) is 25.1 Å². The first-order valence-corrected chi connectivity index (χ1v) is 14.1. The van der Waals surface area contributed by atoms with Crippen LogP contribution in [0.2, 0.25) is 5.02 Å². The van der Waals surface area contributed by atoms with E-state index >= 15 is 0 Å². The molecule has 2 amide bonds. The Bertz CT molecular complexity index is 1110. The van der Waals surface area contributed by atoms with Gasteiger partial charge in [-0.05, 0) is 56.4 Å². The fourth-order valence-corrected chi connectivity index (χ4v) is 4.87. The second-order valence-electron chi connectivity index (χ2n) is 8.72. The number of carbonyl (C=O) groups excluding carboxylic acids is 2. The lowest BCUT2D eigenvalue weighted by atomic mass is 10.1. The number of benzene rings is 2. The Kier molecular flexibility index (Phi) is 10.6. The zero-order valence-corrected chi connectivity index (χ0v) is 22.7. The molecule has 2 aromatic carbocycles. The van der Waals surface area contributed by atoms with Gasteiger partial charge in [0.15, 0.2) is 0 Å². The molecule has 0 saturated heterocycles. The minimum absolute atomic E-state index is 0.0377. The third-order valence-electron chi connectivity index (χ3n) is 6.06. The predicted molar refractivity (Wildman–Crippen MR) is 142 cm³/mol. The molecule has 2 rings (SSSR count). The smallest absolute Gasteiger partial charge is 0.244 e. The van der Waals surface area contributed by atoms with Gasteiger partial charge in [0.05, 0.1) is 11.9 Å². The summed E-state index contributed by atoms with van der Waals surface area (Å²) in [5, 5.41) is 3.37. The largest absolute Gasteiger partial charge is 0.352 e. The first-order chi connectivity index (χ1) is 16.5. The van der Waals surface area contributed by atoms with Crippen molar-refractivity contribution in [1.82, 2.24) is 10.2 Å². The quantitative estimate of drug-likeness (QED) is 0.454. The summed E-state index contributed by atoms with van der Waals surface area (Å²) in [5.74, 6) is -0.690. The molecule has 0 fully saturated rings. The highest BCUT2D eigenvalue weighted by molar-refractivity contribution is 7.92. The third kappa shape index (κ3) is 7.97. The van der Waals surface area contributed by atoms with E-state index in [0.717, 1.165) is 22.5 Å². The van der Waals surface area contributed by atoms with Crippen LogP contribution >= 0.6 is 11.6 Å². The van der Waals surface area contributed by atoms with E-state index in [1.807, 2.05) is 51.1 Å². The van der Waals surface area contributed by atoms with Crippen LogP contribution in [-0.2, 0) is 26.0 Å². The SMILES string of the molecule is CCC(C)NC(=O)C(CC)N(CCc1ccccc1)C(=O)CN(c1cccc(Cl)c1C)S(C)(=O)=O. The number of anilines is 1. The number of hydrogen-bond donors (Lipinski definition) is 1. The molecule has 9 heteroatoms. The standard InChI is InChI=1S/C26H36ClN3O4S/c1-6-19(3)28-26(32)23(7-2)29(17-16-21-12-9-8-10-13-21)25(31)18-30(35(5,33)34)24-15-11-14-22(27)20(24)4/h8-15,19,23H,6-7,16-18H2,1-5H3,(H,28,32). The molecule has 0 heterocycles. The molecule has 0 aliphatic carbocycles. The minimum Gasteiger partial charge on any atom is -0.352 e. The van der Waals surface area contributed by atoms with E-state index in [4.69, 9.17) is 11.6 Å². The maximum atomic E-state index is 13.7. The van der Waals surface area contributed by atoms with Crippen molar-refractivity contribution in [1.29, 1.82) is 0 Å². The van der Waals surface area contributed by atoms with Crippen LogP contribution in [0.25, 0.3) is 0 Å². The summed E-state index contributed by atoms with van der Waals surface area (Å²) < 4.78 is 26.5. The summed E-state index contributed by atoms with van der Waals surface area (Å²) in [6, 6.07) is 13.8. The van der Waals surface area contributed by atoms with Crippen LogP contribution in [0.4, 0.5) is 5.69 Å². The van der Waals surface area contributed by atoms with Crippen LogP contribution in [0.15, 0.2) is 48.5 Å². The molecule has 2 unspecified atom stereocenters. The minimum atomic E-state index is -3.80. The van der Waals surface area contributed by atoms with Crippen molar-refractivity contribution in [2.75, 3.05) is 23.7 Å². The van der Waals surface area contributed by atoms with Crippen molar-refractivity contribution >= 4 is 39.1 Å². The number of nitrogens with zero attached hydrogens (tertiary/aromatic N) is 2. The normalized spacial score (nSPS) is 13.1. The first-order valence-electron chi connectivity index (χ1n) is 11.9. The number of rotatable bonds is 12. The van der Waals surface area contributed by atoms with Gasteiger partial charge in [-0.15, -0.1) is 0 Å². The summed E-state index contributed by atoms with van der Waals surface area (Å²) >= 11 is 6.23. The third-order valence-corrected chi connectivity index (χ3v) is 7.59. The van der Waals surface area contributed by atoms with Gasteiger partial charge in [-0.2, -0.15) is 0 Å². The van der Waals surface area contributed by atoms with Gasteiger partial charge >= 0.3 is 0 Å². The van der Waals surface area contributed by atoms with Gasteiger partial charge in [-0.25, -0.2) is 8.42 Å². The summed E-state index contributed by atoms with van der Waals surface area (Å²) in [4.78, 5) is 28.3. The second-order valence-corrected chi connectivity index (χ2v) is 11.0. The molecule has 0 radical (unpaired) electrons. The van der Waals surface area contributed by atoms with Crippen LogP contribution in [0.5, 0.6) is 0 Å². The number of nitrogens with one attached hydrogen (secondary N) is 1. The molecule has 0 bridgehead atoms. The Hall–Kier alpha value is -2.58. The molecule has 7 nitrogen and oxygen atoms in total. The summed E-state index contributed by atoms with van der Waals surface area (Å²) in [7, 11) is -3.80. The highest BCUT2D eigenvalue weighted by Gasteiger charge is 2.32. The maximum absolute atomic E-state index is 13.7. The van der Waals surface area contributed by atoms with E-state index < -0.39 is 28.5 Å². The average Bonchev–Trinajstić information content (AvgIpc) is 2.81. The van der Waals surface area contributed by atoms with Crippen molar-refractivity contribution in [2.45, 2.75) is 59.0 Å². The fraction of sp³-hybridized carbons (Fsp3) is 0.462. The molecule has 2 aromatic rings. The molecule has 192 valence electrons. The topological polar surface area (TPSA) is 86.8 Å². The first kappa shape index (κ1) is 28.7. The Morgan fingerprint density at radius 1 is 1.03 bits per heavy atom. The van der Waals surface area contributed by atoms with Gasteiger partial charge in [0.2, 0.25) is 21.8 Å². The van der Waals surface area contributed by atoms with Gasteiger partial charge in [0.25, 0.3) is 0 Å². The number of halogens is 1. The van der Waals surface area contributed by atoms with Gasteiger partial charge in [0.1, 0.15) is 12.6 Å². The summed E-state index contributed by atoms with van der Waals surface area (Å²) in [6.45, 7) is 7.29. The average molecular weight is 522 g/mol. The Labute approximate surface area is 214 Å². The Morgan fingerprint density at radius 3 is 2.26 bits per heavy atom. The molecule has 2 atom stereocenters. The van der Waals surface area contributed by atoms with Crippen LogP contribution in [0, 0.1) is 6.92 Å². The van der Waals surface area contributed by atoms with Gasteiger partial charge in [0, 0.05) is 17.6 Å². The van der Waals surface area contributed by atoms with E-state index in [2.05, 4.69) is 5.32 Å². The zero-order chi connectivity index (χ0) is 26.2. The molecule has 1 N–H and O–H groups in total. The van der Waals surface area contributed by atoms with Crippen LogP contribution in [0.3, 0.4) is 0 Å². The Balaban J connectivity index is 2.40. The number of hydrogen-bond acceptors (Lipinski definition) is 4. The van der Waals surface area contributed by atoms with Crippen LogP contribution in [0.1, 0.15) is 44.7 Å². The fourth-order valence-electron chi connectivity index (χ4n) is 3.80. The number of amides is 2. The monoisotopic (exact) mass is 521 g/mol. The van der Waals surface area contributed by atoms with Crippen molar-refractivity contribution in [3.63, 3.8) is 0 Å². The highest BCUT2D eigenvalue weighted by Crippen LogP contribution is 2.28. The molecule has 0 aliphatic rings. The molecular formula is C26H36ClN3O4S. The van der Waals surface area contributed by atoms with Crippen molar-refractivity contribution in [3.8, 4) is 0 Å². The molecule has 35 heavy (non-hydrogen) atoms. The van der Waals surface area contributed by atoms with E-state index in [-0.39, 0.29) is 18.5 Å². The Morgan fingerprint density at radius 2 is 1.69 bits per heavy atom. The number of carbonyl (C=O) groups is 2. The second kappa shape index (κ2) is 12.9. The lowest BCUT2D eigenvalue weighted by molar-refractivity contribution is -0.139. The lowest BCUT2D eigenvalue weighted by Crippen LogP contribution is -2.54. The van der Waals surface area contributed by atoms with E-state index in [9.17, 15) is 18.0 Å². The van der Waals surface area contributed by atoms with Crippen molar-refractivity contribution < 1.29 is 18.0 Å². The molecule has 0 saturated carbocycles.